The van der Waals surface area contributed by atoms with E-state index in [1.807, 2.05) is 47.8 Å². The van der Waals surface area contributed by atoms with E-state index in [1.54, 1.807) is 15.8 Å². The fourth-order valence-corrected chi connectivity index (χ4v) is 4.38. The predicted octanol–water partition coefficient (Wildman–Crippen LogP) is 4.46. The molecule has 192 valence electrons. The van der Waals surface area contributed by atoms with Crippen molar-refractivity contribution in [2.75, 3.05) is 19.4 Å². The Balaban J connectivity index is 1.88. The summed E-state index contributed by atoms with van der Waals surface area (Å²) in [4.78, 5) is 47.6. The second-order valence-electron chi connectivity index (χ2n) is 9.85. The number of carbonyl (C=O) groups excluding carboxylic acids is 3. The molecule has 0 bridgehead atoms. The fourth-order valence-electron chi connectivity index (χ4n) is 3.83. The smallest absolute Gasteiger partial charge is 0.444 e. The number of ether oxygens (including phenoxy) is 3. The zero-order chi connectivity index (χ0) is 25.9. The first-order chi connectivity index (χ1) is 16.4. The lowest BCUT2D eigenvalue weighted by Gasteiger charge is -2.31. The van der Waals surface area contributed by atoms with Crippen LogP contribution in [0.4, 0.5) is 9.59 Å². The summed E-state index contributed by atoms with van der Waals surface area (Å²) < 4.78 is 17.0. The number of carbonyl (C=O) groups is 3. The van der Waals surface area contributed by atoms with Gasteiger partial charge in [-0.15, -0.1) is 11.8 Å². The highest BCUT2D eigenvalue weighted by atomic mass is 32.2. The van der Waals surface area contributed by atoms with Gasteiger partial charge in [-0.2, -0.15) is 5.10 Å². The van der Waals surface area contributed by atoms with Crippen molar-refractivity contribution >= 4 is 41.0 Å². The SMILES string of the molecule is CSc1nc(C(=O)OC(=O)OCC(C)C)nc2c1cnn2[C@@H](C)[C@@H]1CCCN1C(=O)OC(C)(C)C. The molecule has 2 aromatic heterocycles. The Hall–Kier alpha value is -2.89. The molecule has 0 unspecified atom stereocenters. The third-order valence-corrected chi connectivity index (χ3v) is 6.07. The van der Waals surface area contributed by atoms with Gasteiger partial charge in [0.25, 0.3) is 0 Å². The van der Waals surface area contributed by atoms with Gasteiger partial charge < -0.3 is 19.1 Å². The highest BCUT2D eigenvalue weighted by molar-refractivity contribution is 7.98. The first-order valence-corrected chi connectivity index (χ1v) is 12.8. The third-order valence-electron chi connectivity index (χ3n) is 5.38. The van der Waals surface area contributed by atoms with Gasteiger partial charge >= 0.3 is 18.2 Å². The molecule has 12 heteroatoms. The van der Waals surface area contributed by atoms with Crippen LogP contribution in [0.3, 0.4) is 0 Å². The summed E-state index contributed by atoms with van der Waals surface area (Å²) in [6.07, 6.45) is 3.60. The molecule has 0 spiro atoms. The maximum atomic E-state index is 12.8. The van der Waals surface area contributed by atoms with E-state index in [1.165, 1.54) is 11.8 Å². The lowest BCUT2D eigenvalue weighted by molar-refractivity contribution is 0.0185. The number of likely N-dealkylation sites (tertiary alicyclic amines) is 1. The van der Waals surface area contributed by atoms with Gasteiger partial charge in [0, 0.05) is 6.54 Å². The zero-order valence-corrected chi connectivity index (χ0v) is 22.0. The number of amides is 1. The number of aromatic nitrogens is 4. The van der Waals surface area contributed by atoms with Crippen LogP contribution in [0.5, 0.6) is 0 Å². The minimum absolute atomic E-state index is 0.0972. The number of rotatable bonds is 6. The van der Waals surface area contributed by atoms with E-state index in [9.17, 15) is 14.4 Å². The number of esters is 1. The molecule has 11 nitrogen and oxygen atoms in total. The van der Waals surface area contributed by atoms with Crippen molar-refractivity contribution in [2.24, 2.45) is 5.92 Å². The van der Waals surface area contributed by atoms with Crippen LogP contribution in [0.1, 0.15) is 71.0 Å². The van der Waals surface area contributed by atoms with Crippen molar-refractivity contribution in [3.8, 4) is 0 Å². The van der Waals surface area contributed by atoms with Crippen LogP contribution in [0.2, 0.25) is 0 Å². The average Bonchev–Trinajstić information content (AvgIpc) is 3.42. The molecule has 0 N–H and O–H groups in total. The Morgan fingerprint density at radius 2 is 1.91 bits per heavy atom. The molecule has 35 heavy (non-hydrogen) atoms. The van der Waals surface area contributed by atoms with Gasteiger partial charge in [-0.1, -0.05) is 13.8 Å². The Bertz CT molecular complexity index is 1100. The molecule has 1 aliphatic heterocycles. The summed E-state index contributed by atoms with van der Waals surface area (Å²) in [5.74, 6) is -1.18. The van der Waals surface area contributed by atoms with Crippen LogP contribution in [0.25, 0.3) is 11.0 Å². The van der Waals surface area contributed by atoms with Crippen molar-refractivity contribution < 1.29 is 28.6 Å². The van der Waals surface area contributed by atoms with Gasteiger partial charge in [0.2, 0.25) is 5.82 Å². The highest BCUT2D eigenvalue weighted by Gasteiger charge is 2.37. The van der Waals surface area contributed by atoms with Crippen molar-refractivity contribution in [1.29, 1.82) is 0 Å². The molecule has 0 aromatic carbocycles. The fraction of sp³-hybridized carbons (Fsp3) is 0.652. The minimum Gasteiger partial charge on any atom is -0.444 e. The van der Waals surface area contributed by atoms with Crippen LogP contribution in [0.15, 0.2) is 11.2 Å². The molecule has 0 saturated carbocycles. The number of nitrogens with zero attached hydrogens (tertiary/aromatic N) is 5. The van der Waals surface area contributed by atoms with E-state index in [2.05, 4.69) is 15.1 Å². The quantitative estimate of drug-likeness (QED) is 0.239. The number of fused-ring (bicyclic) bond motifs is 1. The molecule has 1 aliphatic rings. The summed E-state index contributed by atoms with van der Waals surface area (Å²) >= 11 is 1.32. The van der Waals surface area contributed by atoms with Crippen LogP contribution in [-0.4, -0.2) is 73.9 Å². The summed E-state index contributed by atoms with van der Waals surface area (Å²) in [5.41, 5.74) is -0.187. The van der Waals surface area contributed by atoms with Crippen molar-refractivity contribution in [2.45, 2.75) is 77.1 Å². The van der Waals surface area contributed by atoms with Gasteiger partial charge in [-0.05, 0) is 52.7 Å². The van der Waals surface area contributed by atoms with Gasteiger partial charge in [-0.25, -0.2) is 29.0 Å². The number of thioether (sulfide) groups is 1. The Morgan fingerprint density at radius 3 is 2.54 bits per heavy atom. The Kier molecular flexibility index (Phi) is 8.24. The molecule has 2 aromatic rings. The molecule has 1 fully saturated rings. The van der Waals surface area contributed by atoms with E-state index in [0.29, 0.717) is 22.6 Å². The normalized spacial score (nSPS) is 17.0. The second kappa shape index (κ2) is 10.8. The third kappa shape index (κ3) is 6.41. The summed E-state index contributed by atoms with van der Waals surface area (Å²) in [7, 11) is 0. The van der Waals surface area contributed by atoms with E-state index in [-0.39, 0.29) is 36.5 Å². The van der Waals surface area contributed by atoms with Gasteiger partial charge in [0.05, 0.1) is 30.3 Å². The van der Waals surface area contributed by atoms with Crippen LogP contribution in [0, 0.1) is 5.92 Å². The van der Waals surface area contributed by atoms with Crippen LogP contribution >= 0.6 is 11.8 Å². The molecule has 3 rings (SSSR count). The average molecular weight is 508 g/mol. The molecule has 0 radical (unpaired) electrons. The van der Waals surface area contributed by atoms with Crippen molar-refractivity contribution in [3.63, 3.8) is 0 Å². The lowest BCUT2D eigenvalue weighted by atomic mass is 10.1. The Labute approximate surface area is 208 Å². The standard InChI is InChI=1S/C23H33N5O6S/c1-13(2)12-32-22(31)33-20(29)17-25-18-15(19(26-17)35-7)11-24-28(18)14(3)16-9-8-10-27(16)21(30)34-23(4,5)6/h11,13-14,16H,8-10,12H2,1-7H3/t14-,16-/m0/s1. The topological polar surface area (TPSA) is 126 Å². The summed E-state index contributed by atoms with van der Waals surface area (Å²) in [6, 6.07) is -0.422. The second-order valence-corrected chi connectivity index (χ2v) is 10.6. The molecule has 3 heterocycles. The molecule has 0 aliphatic carbocycles. The minimum atomic E-state index is -1.10. The first-order valence-electron chi connectivity index (χ1n) is 11.6. The first kappa shape index (κ1) is 26.7. The predicted molar refractivity (Wildman–Crippen MR) is 129 cm³/mol. The maximum absolute atomic E-state index is 12.8. The van der Waals surface area contributed by atoms with Crippen LogP contribution in [-0.2, 0) is 14.2 Å². The van der Waals surface area contributed by atoms with Gasteiger partial charge in [0.1, 0.15) is 10.6 Å². The molecule has 1 saturated heterocycles. The molecule has 2 atom stereocenters. The highest BCUT2D eigenvalue weighted by Crippen LogP contribution is 2.32. The largest absolute Gasteiger partial charge is 0.516 e. The van der Waals surface area contributed by atoms with E-state index < -0.39 is 17.7 Å². The van der Waals surface area contributed by atoms with E-state index in [0.717, 1.165) is 12.8 Å². The summed E-state index contributed by atoms with van der Waals surface area (Å²) in [5, 5.41) is 5.68. The van der Waals surface area contributed by atoms with E-state index in [4.69, 9.17) is 14.2 Å². The summed E-state index contributed by atoms with van der Waals surface area (Å²) in [6.45, 7) is 11.9. The Morgan fingerprint density at radius 1 is 1.20 bits per heavy atom. The lowest BCUT2D eigenvalue weighted by Crippen LogP contribution is -2.43. The van der Waals surface area contributed by atoms with Crippen molar-refractivity contribution in [1.82, 2.24) is 24.6 Å². The monoisotopic (exact) mass is 507 g/mol. The number of hydrogen-bond acceptors (Lipinski definition) is 10. The van der Waals surface area contributed by atoms with E-state index >= 15 is 0 Å². The van der Waals surface area contributed by atoms with Crippen molar-refractivity contribution in [3.05, 3.63) is 12.0 Å². The van der Waals surface area contributed by atoms with Gasteiger partial charge in [-0.3, -0.25) is 0 Å². The number of hydrogen-bond donors (Lipinski definition) is 0. The van der Waals surface area contributed by atoms with Gasteiger partial charge in [0.15, 0.2) is 5.65 Å². The molecular weight excluding hydrogens is 474 g/mol. The zero-order valence-electron chi connectivity index (χ0n) is 21.2. The van der Waals surface area contributed by atoms with Crippen LogP contribution < -0.4 is 0 Å². The maximum Gasteiger partial charge on any atom is 0.516 e. The molecule has 1 amide bonds. The molecular formula is C23H33N5O6S.